The van der Waals surface area contributed by atoms with Crippen molar-refractivity contribution < 1.29 is 14.6 Å². The Bertz CT molecular complexity index is 720. The minimum absolute atomic E-state index is 0.242. The van der Waals surface area contributed by atoms with Crippen molar-refractivity contribution in [2.24, 2.45) is 11.8 Å². The monoisotopic (exact) mass is 343 g/mol. The van der Waals surface area contributed by atoms with Gasteiger partial charge >= 0.3 is 5.97 Å². The number of carbonyl (C=O) groups is 1. The molecule has 1 aliphatic rings. The summed E-state index contributed by atoms with van der Waals surface area (Å²) < 4.78 is 7.79. The van der Waals surface area contributed by atoms with E-state index in [4.69, 9.17) is 4.74 Å². The zero-order valence-electron chi connectivity index (χ0n) is 13.8. The summed E-state index contributed by atoms with van der Waals surface area (Å²) in [6, 6.07) is 15.1. The van der Waals surface area contributed by atoms with Gasteiger partial charge in [-0.15, -0.1) is 0 Å². The molecule has 0 bridgehead atoms. The Morgan fingerprint density at radius 2 is 2.00 bits per heavy atom. The van der Waals surface area contributed by atoms with Crippen LogP contribution in [0.5, 0.6) is 5.75 Å². The SMILES string of the molecule is CC1CC1COc1cc(C(=O)O)cc(N(C)Sc2ccccc2)c1. The van der Waals surface area contributed by atoms with Crippen molar-refractivity contribution in [2.75, 3.05) is 18.0 Å². The van der Waals surface area contributed by atoms with Gasteiger partial charge in [0.15, 0.2) is 0 Å². The standard InChI is InChI=1S/C19H21NO3S/c1-13-8-15(13)12-23-17-10-14(19(21)22)9-16(11-17)20(2)24-18-6-4-3-5-7-18/h3-7,9-11,13,15H,8,12H2,1-2H3,(H,21,22). The van der Waals surface area contributed by atoms with Crippen LogP contribution >= 0.6 is 11.9 Å². The van der Waals surface area contributed by atoms with Crippen molar-refractivity contribution in [3.8, 4) is 5.75 Å². The molecule has 1 aliphatic carbocycles. The minimum Gasteiger partial charge on any atom is -0.493 e. The topological polar surface area (TPSA) is 49.8 Å². The average molecular weight is 343 g/mol. The van der Waals surface area contributed by atoms with Crippen LogP contribution < -0.4 is 9.04 Å². The maximum Gasteiger partial charge on any atom is 0.335 e. The molecule has 24 heavy (non-hydrogen) atoms. The Labute approximate surface area is 146 Å². The molecule has 2 aromatic carbocycles. The van der Waals surface area contributed by atoms with Gasteiger partial charge in [0.1, 0.15) is 5.75 Å². The van der Waals surface area contributed by atoms with Crippen LogP contribution in [0.15, 0.2) is 53.4 Å². The highest BCUT2D eigenvalue weighted by molar-refractivity contribution is 8.00. The lowest BCUT2D eigenvalue weighted by Gasteiger charge is -2.19. The highest BCUT2D eigenvalue weighted by Gasteiger charge is 2.33. The second kappa shape index (κ2) is 7.18. The summed E-state index contributed by atoms with van der Waals surface area (Å²) in [5.41, 5.74) is 1.05. The number of carboxylic acid groups (broad SMARTS) is 1. The summed E-state index contributed by atoms with van der Waals surface area (Å²) in [5, 5.41) is 9.36. The number of aromatic carboxylic acids is 1. The first kappa shape index (κ1) is 16.7. The average Bonchev–Trinajstić information content (AvgIpc) is 3.29. The van der Waals surface area contributed by atoms with E-state index >= 15 is 0 Å². The van der Waals surface area contributed by atoms with Crippen LogP contribution in [0.1, 0.15) is 23.7 Å². The number of hydrogen-bond donors (Lipinski definition) is 1. The van der Waals surface area contributed by atoms with Crippen molar-refractivity contribution in [2.45, 2.75) is 18.2 Å². The van der Waals surface area contributed by atoms with Gasteiger partial charge < -0.3 is 14.1 Å². The Morgan fingerprint density at radius 3 is 2.62 bits per heavy atom. The lowest BCUT2D eigenvalue weighted by molar-refractivity contribution is 0.0696. The van der Waals surface area contributed by atoms with E-state index in [1.165, 1.54) is 6.42 Å². The van der Waals surface area contributed by atoms with Gasteiger partial charge in [-0.3, -0.25) is 0 Å². The minimum atomic E-state index is -0.945. The molecule has 0 heterocycles. The molecule has 2 unspecified atom stereocenters. The molecule has 0 aliphatic heterocycles. The number of benzene rings is 2. The third-order valence-electron chi connectivity index (χ3n) is 4.23. The number of hydrogen-bond acceptors (Lipinski definition) is 4. The van der Waals surface area contributed by atoms with Gasteiger partial charge in [0.2, 0.25) is 0 Å². The van der Waals surface area contributed by atoms with E-state index in [1.807, 2.05) is 47.8 Å². The van der Waals surface area contributed by atoms with Crippen molar-refractivity contribution in [1.82, 2.24) is 0 Å². The molecule has 0 amide bonds. The molecule has 0 aromatic heterocycles. The molecular weight excluding hydrogens is 322 g/mol. The summed E-state index contributed by atoms with van der Waals surface area (Å²) >= 11 is 1.55. The van der Waals surface area contributed by atoms with Crippen LogP contribution in [0.3, 0.4) is 0 Å². The van der Waals surface area contributed by atoms with Gasteiger partial charge in [0, 0.05) is 18.0 Å². The second-order valence-corrected chi connectivity index (χ2v) is 7.41. The van der Waals surface area contributed by atoms with Crippen LogP contribution in [-0.4, -0.2) is 24.7 Å². The summed E-state index contributed by atoms with van der Waals surface area (Å²) in [5.74, 6) is 0.978. The van der Waals surface area contributed by atoms with Crippen LogP contribution in [-0.2, 0) is 0 Å². The van der Waals surface area contributed by atoms with Gasteiger partial charge in [-0.2, -0.15) is 0 Å². The van der Waals surface area contributed by atoms with Crippen molar-refractivity contribution in [3.63, 3.8) is 0 Å². The van der Waals surface area contributed by atoms with E-state index in [-0.39, 0.29) is 5.56 Å². The maximum atomic E-state index is 11.4. The second-order valence-electron chi connectivity index (χ2n) is 6.21. The quantitative estimate of drug-likeness (QED) is 0.747. The van der Waals surface area contributed by atoms with Crippen LogP contribution in [0.4, 0.5) is 5.69 Å². The summed E-state index contributed by atoms with van der Waals surface area (Å²) in [6.07, 6.45) is 1.19. The summed E-state index contributed by atoms with van der Waals surface area (Å²) in [4.78, 5) is 12.5. The van der Waals surface area contributed by atoms with E-state index in [0.717, 1.165) is 10.6 Å². The van der Waals surface area contributed by atoms with Crippen molar-refractivity contribution >= 4 is 23.6 Å². The highest BCUT2D eigenvalue weighted by Crippen LogP contribution is 2.38. The fourth-order valence-corrected chi connectivity index (χ4v) is 3.30. The Balaban J connectivity index is 1.77. The molecule has 5 heteroatoms. The molecule has 2 aromatic rings. The number of anilines is 1. The van der Waals surface area contributed by atoms with Crippen molar-refractivity contribution in [3.05, 3.63) is 54.1 Å². The predicted octanol–water partition coefficient (Wildman–Crippen LogP) is 4.56. The van der Waals surface area contributed by atoms with E-state index in [0.29, 0.717) is 24.2 Å². The zero-order chi connectivity index (χ0) is 17.1. The van der Waals surface area contributed by atoms with E-state index < -0.39 is 5.97 Å². The zero-order valence-corrected chi connectivity index (χ0v) is 14.6. The normalized spacial score (nSPS) is 18.9. The molecule has 126 valence electrons. The van der Waals surface area contributed by atoms with Crippen LogP contribution in [0, 0.1) is 11.8 Å². The number of ether oxygens (including phenoxy) is 1. The maximum absolute atomic E-state index is 11.4. The Hall–Kier alpha value is -2.14. The fraction of sp³-hybridized carbons (Fsp3) is 0.316. The number of rotatable bonds is 7. The van der Waals surface area contributed by atoms with Gasteiger partial charge in [-0.05, 0) is 54.5 Å². The smallest absolute Gasteiger partial charge is 0.335 e. The number of carboxylic acids is 1. The molecule has 1 fully saturated rings. The molecular formula is C19H21NO3S. The van der Waals surface area contributed by atoms with Gasteiger partial charge in [-0.25, -0.2) is 4.79 Å². The molecule has 0 radical (unpaired) electrons. The first-order valence-corrected chi connectivity index (χ1v) is 8.78. The molecule has 1 saturated carbocycles. The first-order chi connectivity index (χ1) is 11.5. The Kier molecular flexibility index (Phi) is 5.00. The lowest BCUT2D eigenvalue weighted by Crippen LogP contribution is -2.09. The molecule has 3 rings (SSSR count). The fourth-order valence-electron chi connectivity index (χ4n) is 2.50. The molecule has 0 saturated heterocycles. The van der Waals surface area contributed by atoms with Crippen LogP contribution in [0.25, 0.3) is 0 Å². The van der Waals surface area contributed by atoms with Gasteiger partial charge in [-0.1, -0.05) is 25.1 Å². The summed E-state index contributed by atoms with van der Waals surface area (Å²) in [7, 11) is 1.92. The lowest BCUT2D eigenvalue weighted by atomic mass is 10.2. The van der Waals surface area contributed by atoms with Gasteiger partial charge in [0.05, 0.1) is 17.9 Å². The van der Waals surface area contributed by atoms with E-state index in [1.54, 1.807) is 24.1 Å². The molecule has 2 atom stereocenters. The largest absolute Gasteiger partial charge is 0.493 e. The molecule has 0 spiro atoms. The Morgan fingerprint density at radius 1 is 1.29 bits per heavy atom. The number of nitrogens with zero attached hydrogens (tertiary/aromatic N) is 1. The van der Waals surface area contributed by atoms with Gasteiger partial charge in [0.25, 0.3) is 0 Å². The van der Waals surface area contributed by atoms with E-state index in [9.17, 15) is 9.90 Å². The van der Waals surface area contributed by atoms with Crippen LogP contribution in [0.2, 0.25) is 0 Å². The van der Waals surface area contributed by atoms with E-state index in [2.05, 4.69) is 6.92 Å². The third kappa shape index (κ3) is 4.23. The first-order valence-electron chi connectivity index (χ1n) is 8.01. The third-order valence-corrected chi connectivity index (χ3v) is 5.20. The highest BCUT2D eigenvalue weighted by atomic mass is 32.2. The van der Waals surface area contributed by atoms with Crippen molar-refractivity contribution in [1.29, 1.82) is 0 Å². The molecule has 1 N–H and O–H groups in total. The molecule has 4 nitrogen and oxygen atoms in total. The summed E-state index contributed by atoms with van der Waals surface area (Å²) in [6.45, 7) is 2.86. The predicted molar refractivity (Wildman–Crippen MR) is 96.9 cm³/mol.